The number of para-hydroxylation sites is 4. The fourth-order valence-corrected chi connectivity index (χ4v) is 9.46. The van der Waals surface area contributed by atoms with Crippen LogP contribution < -0.4 is 40.2 Å². The van der Waals surface area contributed by atoms with Crippen LogP contribution in [0.15, 0.2) is 194 Å². The molecule has 104 heavy (non-hydrogen) atoms. The third kappa shape index (κ3) is 19.1. The summed E-state index contributed by atoms with van der Waals surface area (Å²) in [5, 5.41) is 78.2. The molecule has 8 aromatic carbocycles. The second kappa shape index (κ2) is 34.0. The zero-order valence-electron chi connectivity index (χ0n) is 70.7. The van der Waals surface area contributed by atoms with Crippen molar-refractivity contribution in [3.63, 3.8) is 0 Å². The van der Waals surface area contributed by atoms with Gasteiger partial charge in [-0.3, -0.25) is 38.4 Å². The van der Waals surface area contributed by atoms with E-state index in [2.05, 4.69) is 25.3 Å². The Labute approximate surface area is 614 Å². The van der Waals surface area contributed by atoms with Crippen molar-refractivity contribution < 1.29 is 115 Å². The molecule has 11 N–H and O–H groups in total. The van der Waals surface area contributed by atoms with E-state index < -0.39 is 144 Å². The molecule has 4 heterocycles. The first kappa shape index (κ1) is 54.6. The number of ketones is 1. The molecule has 0 saturated heterocycles. The van der Waals surface area contributed by atoms with Gasteiger partial charge in [0.1, 0.15) is 71.3 Å². The largest absolute Gasteiger partial charge is 0.505 e. The fraction of sp³-hybridized carbons (Fsp3) is 0.117. The number of carboxylic acids is 3. The molecule has 4 aromatic heterocycles. The van der Waals surface area contributed by atoms with Crippen molar-refractivity contribution in [3.05, 3.63) is 239 Å². The molecular weight excluding hydrogens is 1340 g/mol. The van der Waals surface area contributed by atoms with Gasteiger partial charge in [0.15, 0.2) is 45.8 Å². The zero-order valence-corrected chi connectivity index (χ0v) is 54.7. The van der Waals surface area contributed by atoms with Crippen molar-refractivity contribution in [3.8, 4) is 69.0 Å². The van der Waals surface area contributed by atoms with Crippen LogP contribution in [-0.2, 0) is 19.2 Å². The predicted molar refractivity (Wildman–Crippen MR) is 382 cm³/mol. The van der Waals surface area contributed by atoms with Crippen LogP contribution in [0.1, 0.15) is 93.6 Å². The number of carboxylic acid groups (broad SMARTS) is 3. The molecule has 0 fully saturated rings. The summed E-state index contributed by atoms with van der Waals surface area (Å²) in [7, 11) is 0. The number of amides is 4. The van der Waals surface area contributed by atoms with E-state index in [9.17, 15) is 58.8 Å². The van der Waals surface area contributed by atoms with Gasteiger partial charge in [-0.15, -0.1) is 0 Å². The molecule has 0 aliphatic heterocycles. The van der Waals surface area contributed by atoms with Crippen LogP contribution in [0.5, 0.6) is 69.0 Å². The first-order chi connectivity index (χ1) is 56.1. The summed E-state index contributed by atoms with van der Waals surface area (Å²) in [6.45, 7) is -3.09. The minimum Gasteiger partial charge on any atom is -0.505 e. The Hall–Kier alpha value is -14.2. The molecule has 0 bridgehead atoms. The molecule has 4 amide bonds. The van der Waals surface area contributed by atoms with E-state index >= 15 is 0 Å². The summed E-state index contributed by atoms with van der Waals surface area (Å²) in [5.74, 6) is -10.7. The van der Waals surface area contributed by atoms with Crippen molar-refractivity contribution in [2.45, 2.75) is 34.6 Å². The third-order valence-electron chi connectivity index (χ3n) is 14.1. The highest BCUT2D eigenvalue weighted by molar-refractivity contribution is 6.07. The summed E-state index contributed by atoms with van der Waals surface area (Å²) in [6, 6.07) is 33.5. The SMILES string of the molecule is [2H]C(NC(=O)c1nc(C)c2cc(Oc3ccccc3)ccc2c1O)C(C)=O.[2H]c1c([2H])c([2H])c(Oc2ccc3c(O)c(C(=O)NC([2H])([2H])C(=O)O)nc(C)c3c2)c([2H])c1[2H].[2H]c1cc([2H])c(Oc2ccc3c(O)c(C(=O)NC([2H])([2H])C(=O)O)nc(C)c3c2)c([2H])c1.[2H]c1cccc(Oc2ccc3c(O)c(C(=O)NC([2H])([2H])C(=O)O)nc(C)c3c2)c1. The standard InChI is InChI=1S/C20H18N2O4.3C19H16N2O5/c1-12(23)11-21-20(25)18-19(24)16-9-8-15(10-17(16)13(2)22-18)26-14-6-4-3-5-7-14;3*1-11-15-9-13(26-12-5-3-2-4-6-12)7-8-14(15)18(24)17(21-11)19(25)20-10-16(22)23/h3-10,24H,11H2,1-2H3,(H,21,25);3*2-9,24H,10H2,1H3,(H,20,25)(H,22,23)/i11D;2D,3D,4D,5D,6D,10D2;2D,5D,6D,10D2;3D,10D2. The molecular formula is C77H66N8O19. The normalized spacial score (nSPS) is 13.4. The molecule has 12 rings (SSSR count). The second-order valence-corrected chi connectivity index (χ2v) is 21.3. The number of hydrogen-bond acceptors (Lipinski definition) is 20. The Morgan fingerprint density at radius 2 is 0.654 bits per heavy atom. The van der Waals surface area contributed by atoms with Gasteiger partial charge in [-0.05, 0) is 156 Å². The Morgan fingerprint density at radius 1 is 0.346 bits per heavy atom. The third-order valence-corrected chi connectivity index (χ3v) is 14.1. The molecule has 27 nitrogen and oxygen atoms in total. The molecule has 27 heteroatoms. The fourth-order valence-electron chi connectivity index (χ4n) is 9.46. The number of aryl methyl sites for hydroxylation is 4. The number of hydrogen-bond donors (Lipinski definition) is 11. The number of carbonyl (C=O) groups excluding carboxylic acids is 5. The van der Waals surface area contributed by atoms with Crippen LogP contribution in [0.25, 0.3) is 43.1 Å². The van der Waals surface area contributed by atoms with Gasteiger partial charge < -0.3 is 76.0 Å². The lowest BCUT2D eigenvalue weighted by Crippen LogP contribution is -2.30. The Kier molecular flexibility index (Phi) is 17.9. The average Bonchev–Trinajstić information content (AvgIpc) is 0.780. The summed E-state index contributed by atoms with van der Waals surface area (Å²) in [5.41, 5.74) is -0.547. The van der Waals surface area contributed by atoms with Crippen molar-refractivity contribution in [2.24, 2.45) is 0 Å². The number of pyridine rings is 4. The van der Waals surface area contributed by atoms with Gasteiger partial charge in [0.2, 0.25) is 0 Å². The number of aromatic hydroxyl groups is 4. The second-order valence-electron chi connectivity index (χ2n) is 21.3. The highest BCUT2D eigenvalue weighted by Crippen LogP contribution is 2.38. The number of aliphatic carboxylic acids is 3. The van der Waals surface area contributed by atoms with E-state index in [0.29, 0.717) is 55.9 Å². The maximum absolute atomic E-state index is 12.3. The molecule has 1 atom stereocenters. The first-order valence-electron chi connectivity index (χ1n) is 38.1. The molecule has 12 aromatic rings. The molecule has 0 aliphatic carbocycles. The number of nitrogens with one attached hydrogen (secondary N) is 4. The summed E-state index contributed by atoms with van der Waals surface area (Å²) >= 11 is 0. The van der Waals surface area contributed by atoms with Crippen molar-refractivity contribution in [2.75, 3.05) is 26.0 Å². The van der Waals surface area contributed by atoms with E-state index in [0.717, 1.165) is 0 Å². The summed E-state index contributed by atoms with van der Waals surface area (Å²) in [4.78, 5) is 109. The topological polar surface area (TPSA) is 415 Å². The molecule has 528 valence electrons. The smallest absolute Gasteiger partial charge is 0.322 e. The van der Waals surface area contributed by atoms with Crippen molar-refractivity contribution in [1.82, 2.24) is 41.2 Å². The number of aromatic nitrogens is 4. The van der Waals surface area contributed by atoms with E-state index in [1.807, 2.05) is 30.3 Å². The quantitative estimate of drug-likeness (QED) is 0.0337. The van der Waals surface area contributed by atoms with Gasteiger partial charge in [0.05, 0.1) is 28.5 Å². The maximum Gasteiger partial charge on any atom is 0.322 e. The van der Waals surface area contributed by atoms with Gasteiger partial charge in [-0.2, -0.15) is 0 Å². The Bertz CT molecular complexity index is 6140. The van der Waals surface area contributed by atoms with Crippen LogP contribution in [0.4, 0.5) is 0 Å². The summed E-state index contributed by atoms with van der Waals surface area (Å²) < 4.78 is 144. The van der Waals surface area contributed by atoms with Crippen LogP contribution in [0.2, 0.25) is 0 Å². The molecule has 0 aliphatic rings. The number of rotatable bonds is 20. The van der Waals surface area contributed by atoms with E-state index in [4.69, 9.17) is 56.2 Å². The molecule has 0 spiro atoms. The minimum absolute atomic E-state index is 0.00362. The number of nitrogens with zero attached hydrogens (tertiary/aromatic N) is 4. The average molecular weight is 1420 g/mol. The lowest BCUT2D eigenvalue weighted by Gasteiger charge is -2.12. The van der Waals surface area contributed by atoms with Crippen LogP contribution in [0, 0.1) is 27.7 Å². The highest BCUT2D eigenvalue weighted by atomic mass is 16.5. The minimum atomic E-state index is -3.09. The van der Waals surface area contributed by atoms with Crippen LogP contribution in [0.3, 0.4) is 0 Å². The lowest BCUT2D eigenvalue weighted by molar-refractivity contribution is -0.136. The highest BCUT2D eigenvalue weighted by Gasteiger charge is 2.24. The predicted octanol–water partition coefficient (Wildman–Crippen LogP) is 11.9. The molecule has 0 saturated carbocycles. The molecule has 1 unspecified atom stereocenters. The van der Waals surface area contributed by atoms with Gasteiger partial charge >= 0.3 is 17.9 Å². The number of ether oxygens (including phenoxy) is 4. The van der Waals surface area contributed by atoms with E-state index in [-0.39, 0.29) is 85.8 Å². The van der Waals surface area contributed by atoms with Gasteiger partial charge in [-0.25, -0.2) is 19.9 Å². The number of carbonyl (C=O) groups is 8. The number of Topliss-reactive ketones (excluding diaryl/α,β-unsaturated/α-hetero) is 1. The Balaban J connectivity index is 0.000000182. The summed E-state index contributed by atoms with van der Waals surface area (Å²) in [6.07, 6.45) is 0. The zero-order chi connectivity index (χ0) is 88.8. The lowest BCUT2D eigenvalue weighted by atomic mass is 10.1. The van der Waals surface area contributed by atoms with Gasteiger partial charge in [0, 0.05) is 65.9 Å². The van der Waals surface area contributed by atoms with Crippen molar-refractivity contribution in [1.29, 1.82) is 0 Å². The maximum atomic E-state index is 12.3. The number of fused-ring (bicyclic) bond motifs is 4. The number of benzene rings is 8. The van der Waals surface area contributed by atoms with Crippen LogP contribution in [-0.4, -0.2) is 129 Å². The van der Waals surface area contributed by atoms with Crippen molar-refractivity contribution >= 4 is 90.4 Å². The first-order valence-corrected chi connectivity index (χ1v) is 30.0. The van der Waals surface area contributed by atoms with Gasteiger partial charge in [-0.1, -0.05) is 72.7 Å². The Morgan fingerprint density at radius 3 is 0.981 bits per heavy atom. The van der Waals surface area contributed by atoms with Gasteiger partial charge in [0.25, 0.3) is 23.6 Å². The van der Waals surface area contributed by atoms with Crippen LogP contribution >= 0.6 is 0 Å². The molecule has 0 radical (unpaired) electrons. The monoisotopic (exact) mass is 1420 g/mol. The van der Waals surface area contributed by atoms with E-state index in [1.54, 1.807) is 78.3 Å². The van der Waals surface area contributed by atoms with E-state index in [1.165, 1.54) is 81.4 Å².